The normalized spacial score (nSPS) is 9.85. The molecular weight excluding hydrogens is 234 g/mol. The minimum absolute atomic E-state index is 0.103. The van der Waals surface area contributed by atoms with E-state index in [1.807, 2.05) is 0 Å². The van der Waals surface area contributed by atoms with Crippen LogP contribution in [0, 0.1) is 0 Å². The van der Waals surface area contributed by atoms with E-state index in [2.05, 4.69) is 0 Å². The van der Waals surface area contributed by atoms with Crippen LogP contribution in [0.1, 0.15) is 10.4 Å². The minimum Gasteiger partial charge on any atom is -0.497 e. The van der Waals surface area contributed by atoms with Crippen molar-refractivity contribution in [3.05, 3.63) is 27.7 Å². The zero-order valence-corrected chi connectivity index (χ0v) is 8.87. The van der Waals surface area contributed by atoms with E-state index in [4.69, 9.17) is 39.5 Å². The quantitative estimate of drug-likeness (QED) is 0.740. The van der Waals surface area contributed by atoms with Crippen LogP contribution in [0.2, 0.25) is 10.0 Å². The molecule has 0 radical (unpaired) electrons. The molecule has 0 atom stereocenters. The third-order valence-electron chi connectivity index (χ3n) is 1.45. The van der Waals surface area contributed by atoms with Gasteiger partial charge in [-0.1, -0.05) is 23.2 Å². The first-order valence-electron chi connectivity index (χ1n) is 3.29. The highest BCUT2D eigenvalue weighted by molar-refractivity contribution is 6.69. The maximum atomic E-state index is 10.8. The molecule has 1 rings (SSSR count). The van der Waals surface area contributed by atoms with Gasteiger partial charge in [-0.05, 0) is 23.7 Å². The molecule has 0 aliphatic rings. The fourth-order valence-corrected chi connectivity index (χ4v) is 1.79. The lowest BCUT2D eigenvalue weighted by atomic mass is 10.2. The molecule has 1 aromatic rings. The van der Waals surface area contributed by atoms with E-state index in [0.717, 1.165) is 0 Å². The monoisotopic (exact) mass is 238 g/mol. The smallest absolute Gasteiger partial charge is 0.255 e. The number of halogens is 3. The summed E-state index contributed by atoms with van der Waals surface area (Å²) in [5, 5.41) is -0.314. The largest absolute Gasteiger partial charge is 0.497 e. The van der Waals surface area contributed by atoms with Crippen LogP contribution in [0.15, 0.2) is 12.1 Å². The second-order valence-corrected chi connectivity index (χ2v) is 3.40. The lowest BCUT2D eigenvalue weighted by molar-refractivity contribution is 0.108. The lowest BCUT2D eigenvalue weighted by Gasteiger charge is -2.05. The predicted molar refractivity (Wildman–Crippen MR) is 53.2 cm³/mol. The van der Waals surface area contributed by atoms with Gasteiger partial charge >= 0.3 is 0 Å². The van der Waals surface area contributed by atoms with Gasteiger partial charge in [0, 0.05) is 0 Å². The fourth-order valence-electron chi connectivity index (χ4n) is 0.856. The highest BCUT2D eigenvalue weighted by Crippen LogP contribution is 2.31. The molecule has 0 bridgehead atoms. The van der Waals surface area contributed by atoms with E-state index >= 15 is 0 Å². The van der Waals surface area contributed by atoms with E-state index in [9.17, 15) is 4.79 Å². The van der Waals surface area contributed by atoms with E-state index in [1.54, 1.807) is 0 Å². The number of hydrogen-bond acceptors (Lipinski definition) is 2. The molecule has 0 fully saturated rings. The van der Waals surface area contributed by atoms with Crippen molar-refractivity contribution in [1.82, 2.24) is 0 Å². The summed E-state index contributed by atoms with van der Waals surface area (Å²) >= 11 is 16.7. The molecule has 0 amide bonds. The number of ether oxygens (including phenoxy) is 1. The summed E-state index contributed by atoms with van der Waals surface area (Å²) in [6, 6.07) is 2.95. The first kappa shape index (κ1) is 10.6. The van der Waals surface area contributed by atoms with Gasteiger partial charge in [0.05, 0.1) is 22.7 Å². The average Bonchev–Trinajstić information content (AvgIpc) is 2.02. The van der Waals surface area contributed by atoms with Crippen LogP contribution >= 0.6 is 34.8 Å². The van der Waals surface area contributed by atoms with Gasteiger partial charge in [-0.3, -0.25) is 4.79 Å². The van der Waals surface area contributed by atoms with Crippen LogP contribution in [-0.2, 0) is 0 Å². The molecule has 2 nitrogen and oxygen atoms in total. The molecule has 0 unspecified atom stereocenters. The average molecular weight is 239 g/mol. The maximum Gasteiger partial charge on any atom is 0.255 e. The Bertz CT molecular complexity index is 326. The highest BCUT2D eigenvalue weighted by Gasteiger charge is 2.13. The first-order valence-corrected chi connectivity index (χ1v) is 4.42. The van der Waals surface area contributed by atoms with Crippen LogP contribution in [0.25, 0.3) is 0 Å². The van der Waals surface area contributed by atoms with Gasteiger partial charge in [0.25, 0.3) is 5.24 Å². The van der Waals surface area contributed by atoms with Crippen molar-refractivity contribution < 1.29 is 9.53 Å². The second kappa shape index (κ2) is 4.18. The number of benzene rings is 1. The van der Waals surface area contributed by atoms with Crippen molar-refractivity contribution in [2.45, 2.75) is 0 Å². The number of carbonyl (C=O) groups excluding carboxylic acids is 1. The Morgan fingerprint density at radius 3 is 2.08 bits per heavy atom. The summed E-state index contributed by atoms with van der Waals surface area (Å²) in [7, 11) is 1.48. The number of rotatable bonds is 2. The van der Waals surface area contributed by atoms with Crippen molar-refractivity contribution >= 4 is 40.0 Å². The number of carbonyl (C=O) groups is 1. The van der Waals surface area contributed by atoms with Crippen LogP contribution in [-0.4, -0.2) is 12.4 Å². The third-order valence-corrected chi connectivity index (χ3v) is 2.23. The molecule has 0 spiro atoms. The molecule has 0 heterocycles. The summed E-state index contributed by atoms with van der Waals surface area (Å²) < 4.78 is 4.89. The Morgan fingerprint density at radius 2 is 1.77 bits per heavy atom. The third kappa shape index (κ3) is 2.27. The Kier molecular flexibility index (Phi) is 3.42. The van der Waals surface area contributed by atoms with Gasteiger partial charge < -0.3 is 4.74 Å². The number of methoxy groups -OCH3 is 1. The second-order valence-electron chi connectivity index (χ2n) is 2.24. The van der Waals surface area contributed by atoms with Gasteiger partial charge in [0.2, 0.25) is 0 Å². The van der Waals surface area contributed by atoms with E-state index in [0.29, 0.717) is 5.75 Å². The van der Waals surface area contributed by atoms with Crippen molar-refractivity contribution in [3.8, 4) is 5.75 Å². The van der Waals surface area contributed by atoms with Crippen LogP contribution < -0.4 is 4.74 Å². The Hall–Kier alpha value is -0.440. The molecule has 13 heavy (non-hydrogen) atoms. The molecular formula is C8H5Cl3O2. The van der Waals surface area contributed by atoms with Crippen LogP contribution in [0.3, 0.4) is 0 Å². The van der Waals surface area contributed by atoms with Crippen molar-refractivity contribution in [2.75, 3.05) is 7.11 Å². The van der Waals surface area contributed by atoms with Gasteiger partial charge in [0.1, 0.15) is 5.75 Å². The predicted octanol–water partition coefficient (Wildman–Crippen LogP) is 3.38. The maximum absolute atomic E-state index is 10.8. The van der Waals surface area contributed by atoms with Crippen LogP contribution in [0.5, 0.6) is 5.75 Å². The van der Waals surface area contributed by atoms with Gasteiger partial charge in [-0.15, -0.1) is 0 Å². The zero-order chi connectivity index (χ0) is 10.0. The van der Waals surface area contributed by atoms with E-state index in [-0.39, 0.29) is 15.6 Å². The Labute approximate surface area is 90.3 Å². The Balaban J connectivity index is 3.31. The SMILES string of the molecule is COc1cc(Cl)c(C(=O)Cl)c(Cl)c1. The topological polar surface area (TPSA) is 26.3 Å². The molecule has 0 saturated heterocycles. The standard InChI is InChI=1S/C8H5Cl3O2/c1-13-4-2-5(9)7(8(11)12)6(10)3-4/h2-3H,1H3. The van der Waals surface area contributed by atoms with Gasteiger partial charge in [0.15, 0.2) is 0 Å². The molecule has 0 aliphatic carbocycles. The van der Waals surface area contributed by atoms with Crippen LogP contribution in [0.4, 0.5) is 0 Å². The van der Waals surface area contributed by atoms with Gasteiger partial charge in [-0.2, -0.15) is 0 Å². The summed E-state index contributed by atoms with van der Waals surface area (Å²) in [4.78, 5) is 10.8. The fraction of sp³-hybridized carbons (Fsp3) is 0.125. The van der Waals surface area contributed by atoms with Gasteiger partial charge in [-0.25, -0.2) is 0 Å². The van der Waals surface area contributed by atoms with Crippen molar-refractivity contribution in [3.63, 3.8) is 0 Å². The van der Waals surface area contributed by atoms with E-state index < -0.39 is 5.24 Å². The summed E-state index contributed by atoms with van der Waals surface area (Å²) in [5.41, 5.74) is 0.103. The van der Waals surface area contributed by atoms with E-state index in [1.165, 1.54) is 19.2 Å². The molecule has 0 aliphatic heterocycles. The molecule has 0 saturated carbocycles. The Morgan fingerprint density at radius 1 is 1.31 bits per heavy atom. The first-order chi connectivity index (χ1) is 6.06. The molecule has 5 heteroatoms. The summed E-state index contributed by atoms with van der Waals surface area (Å²) in [6.45, 7) is 0. The highest BCUT2D eigenvalue weighted by atomic mass is 35.5. The number of hydrogen-bond donors (Lipinski definition) is 0. The summed E-state index contributed by atoms with van der Waals surface area (Å²) in [6.07, 6.45) is 0. The zero-order valence-electron chi connectivity index (χ0n) is 6.61. The minimum atomic E-state index is -0.683. The summed E-state index contributed by atoms with van der Waals surface area (Å²) in [5.74, 6) is 0.483. The molecule has 0 N–H and O–H groups in total. The van der Waals surface area contributed by atoms with Crippen molar-refractivity contribution in [1.29, 1.82) is 0 Å². The lowest BCUT2D eigenvalue weighted by Crippen LogP contribution is -1.93. The molecule has 0 aromatic heterocycles. The molecule has 70 valence electrons. The molecule has 1 aromatic carbocycles. The van der Waals surface area contributed by atoms with Crippen molar-refractivity contribution in [2.24, 2.45) is 0 Å².